The van der Waals surface area contributed by atoms with Gasteiger partial charge in [0.05, 0.1) is 11.7 Å². The van der Waals surface area contributed by atoms with Gasteiger partial charge in [-0.1, -0.05) is 20.8 Å². The van der Waals surface area contributed by atoms with Crippen molar-refractivity contribution in [2.24, 2.45) is 5.11 Å². The number of nitrogens with two attached hydrogens (primary N) is 1. The molecule has 3 unspecified atom stereocenters. The van der Waals surface area contributed by atoms with Crippen LogP contribution in [0.3, 0.4) is 0 Å². The van der Waals surface area contributed by atoms with Gasteiger partial charge in [-0.25, -0.2) is 15.0 Å². The van der Waals surface area contributed by atoms with Gasteiger partial charge in [-0.2, -0.15) is 0 Å². The number of rotatable bonds is 10. The molecule has 2 aromatic heterocycles. The summed E-state index contributed by atoms with van der Waals surface area (Å²) < 4.78 is 25.8. The van der Waals surface area contributed by atoms with Crippen LogP contribution in [0.4, 0.5) is 11.8 Å². The molecule has 6 atom stereocenters. The lowest BCUT2D eigenvalue weighted by Gasteiger charge is -2.39. The van der Waals surface area contributed by atoms with Crippen molar-refractivity contribution in [3.63, 3.8) is 0 Å². The zero-order chi connectivity index (χ0) is 26.2. The van der Waals surface area contributed by atoms with E-state index in [4.69, 9.17) is 20.5 Å². The maximum Gasteiger partial charge on any atom is 0.359 e. The first-order valence-corrected chi connectivity index (χ1v) is 12.8. The van der Waals surface area contributed by atoms with Gasteiger partial charge in [-0.05, 0) is 36.8 Å². The van der Waals surface area contributed by atoms with E-state index in [0.29, 0.717) is 0 Å². The lowest BCUT2D eigenvalue weighted by atomic mass is 9.88. The smallest absolute Gasteiger partial charge is 0.359 e. The molecule has 16 heteroatoms. The summed E-state index contributed by atoms with van der Waals surface area (Å²) in [6, 6.07) is 0. The highest BCUT2D eigenvalue weighted by Crippen LogP contribution is 2.59. The summed E-state index contributed by atoms with van der Waals surface area (Å²) in [4.78, 5) is 25.3. The minimum absolute atomic E-state index is 0.0128. The molecule has 0 amide bonds. The van der Waals surface area contributed by atoms with Crippen LogP contribution in [0, 0.1) is 0 Å². The standard InChI is InChI=1S/C19H31N8O7P/c1-5-18(4,30)35(31,32)34-19(6-2,7-3)8-10-12(28)13(29)16(33-10)27-15-11(14(20)22-9-23-15)24-17(27)25-26-21/h9-10,12-13,16,28-30H,5-8H2,1-4H3,(H,31,32)(H2,20,22,23)/t10?,12-,13-,16-,18?/m1/s1. The molecule has 6 N–H and O–H groups in total. The van der Waals surface area contributed by atoms with Crippen LogP contribution in [0.25, 0.3) is 21.6 Å². The summed E-state index contributed by atoms with van der Waals surface area (Å²) >= 11 is 0. The first kappa shape index (κ1) is 27.2. The van der Waals surface area contributed by atoms with Crippen molar-refractivity contribution in [2.75, 3.05) is 5.73 Å². The number of imidazole rings is 1. The van der Waals surface area contributed by atoms with E-state index in [1.165, 1.54) is 11.5 Å². The van der Waals surface area contributed by atoms with E-state index in [1.54, 1.807) is 20.8 Å². The number of fused-ring (bicyclic) bond motifs is 1. The average molecular weight is 514 g/mol. The van der Waals surface area contributed by atoms with E-state index in [2.05, 4.69) is 25.0 Å². The Labute approximate surface area is 201 Å². The fourth-order valence-corrected chi connectivity index (χ4v) is 5.46. The topological polar surface area (TPSA) is 235 Å². The third-order valence-electron chi connectivity index (χ3n) is 6.67. The molecule has 1 fully saturated rings. The molecule has 1 aliphatic heterocycles. The Hall–Kier alpha value is -2.35. The third-order valence-corrected chi connectivity index (χ3v) is 8.84. The van der Waals surface area contributed by atoms with Crippen molar-refractivity contribution < 1.29 is 34.0 Å². The monoisotopic (exact) mass is 514 g/mol. The zero-order valence-electron chi connectivity index (χ0n) is 19.9. The van der Waals surface area contributed by atoms with Crippen LogP contribution in [-0.4, -0.2) is 69.0 Å². The number of aliphatic hydroxyl groups excluding tert-OH is 2. The molecule has 1 saturated heterocycles. The first-order chi connectivity index (χ1) is 16.4. The van der Waals surface area contributed by atoms with Gasteiger partial charge in [0.15, 0.2) is 28.6 Å². The van der Waals surface area contributed by atoms with E-state index >= 15 is 0 Å². The minimum Gasteiger partial charge on any atom is -0.388 e. The van der Waals surface area contributed by atoms with Gasteiger partial charge in [0, 0.05) is 11.3 Å². The SMILES string of the molecule is CCC(CC)(CC1O[C@@H](n2c(N=[N+]=[N-])nc3c(N)ncnc32)[C@H](O)[C@@H]1O)OP(=O)(O)C(C)(O)CC. The lowest BCUT2D eigenvalue weighted by Crippen LogP contribution is -2.41. The third kappa shape index (κ3) is 4.86. The zero-order valence-corrected chi connectivity index (χ0v) is 20.8. The quantitative estimate of drug-likeness (QED) is 0.133. The van der Waals surface area contributed by atoms with Crippen molar-refractivity contribution in [1.29, 1.82) is 0 Å². The van der Waals surface area contributed by atoms with Crippen LogP contribution >= 0.6 is 7.60 Å². The van der Waals surface area contributed by atoms with Gasteiger partial charge >= 0.3 is 7.60 Å². The van der Waals surface area contributed by atoms with E-state index in [0.717, 1.165) is 6.33 Å². The molecule has 3 rings (SSSR count). The predicted molar refractivity (Wildman–Crippen MR) is 124 cm³/mol. The maximum atomic E-state index is 12.9. The van der Waals surface area contributed by atoms with Gasteiger partial charge in [0.2, 0.25) is 5.95 Å². The Morgan fingerprint density at radius 2 is 1.94 bits per heavy atom. The van der Waals surface area contributed by atoms with Crippen molar-refractivity contribution in [3.05, 3.63) is 16.8 Å². The fourth-order valence-electron chi connectivity index (χ4n) is 4.00. The fraction of sp³-hybridized carbons (Fsp3) is 0.737. The van der Waals surface area contributed by atoms with Crippen molar-refractivity contribution >= 4 is 30.5 Å². The number of ether oxygens (including phenoxy) is 1. The van der Waals surface area contributed by atoms with E-state index in [-0.39, 0.29) is 48.6 Å². The molecule has 35 heavy (non-hydrogen) atoms. The normalized spacial score (nSPS) is 26.3. The number of aromatic nitrogens is 4. The molecular formula is C19H31N8O7P. The summed E-state index contributed by atoms with van der Waals surface area (Å²) in [6.07, 6.45) is -3.72. The molecule has 0 aromatic carbocycles. The maximum absolute atomic E-state index is 12.9. The van der Waals surface area contributed by atoms with Gasteiger partial charge in [0.25, 0.3) is 0 Å². The summed E-state index contributed by atoms with van der Waals surface area (Å²) in [7, 11) is -4.51. The largest absolute Gasteiger partial charge is 0.388 e. The summed E-state index contributed by atoms with van der Waals surface area (Å²) in [5.74, 6) is -0.197. The molecule has 0 bridgehead atoms. The van der Waals surface area contributed by atoms with Crippen LogP contribution in [0.1, 0.15) is 59.6 Å². The summed E-state index contributed by atoms with van der Waals surface area (Å²) in [5.41, 5.74) is 13.8. The van der Waals surface area contributed by atoms with Gasteiger partial charge < -0.3 is 30.7 Å². The Morgan fingerprint density at radius 3 is 2.51 bits per heavy atom. The van der Waals surface area contributed by atoms with Gasteiger partial charge in [0.1, 0.15) is 18.5 Å². The molecule has 15 nitrogen and oxygen atoms in total. The van der Waals surface area contributed by atoms with Crippen molar-refractivity contribution in [1.82, 2.24) is 19.5 Å². The average Bonchev–Trinajstić information content (AvgIpc) is 3.31. The molecule has 3 heterocycles. The number of anilines is 1. The van der Waals surface area contributed by atoms with E-state index in [9.17, 15) is 24.8 Å². The van der Waals surface area contributed by atoms with Gasteiger partial charge in [-0.15, -0.1) is 0 Å². The molecular weight excluding hydrogens is 483 g/mol. The van der Waals surface area contributed by atoms with Crippen molar-refractivity contribution in [3.8, 4) is 0 Å². The number of nitrogens with zero attached hydrogens (tertiary/aromatic N) is 7. The van der Waals surface area contributed by atoms with Crippen LogP contribution < -0.4 is 5.73 Å². The second-order valence-electron chi connectivity index (χ2n) is 8.73. The van der Waals surface area contributed by atoms with Crippen LogP contribution in [0.2, 0.25) is 0 Å². The van der Waals surface area contributed by atoms with Crippen LogP contribution in [0.15, 0.2) is 11.4 Å². The molecule has 194 valence electrons. The van der Waals surface area contributed by atoms with E-state index in [1.807, 2.05) is 0 Å². The highest BCUT2D eigenvalue weighted by Gasteiger charge is 2.52. The van der Waals surface area contributed by atoms with Gasteiger partial charge in [-0.3, -0.25) is 13.7 Å². The molecule has 1 aliphatic rings. The first-order valence-electron chi connectivity index (χ1n) is 11.2. The minimum atomic E-state index is -4.51. The molecule has 0 saturated carbocycles. The second kappa shape index (κ2) is 9.96. The Balaban J connectivity index is 1.97. The van der Waals surface area contributed by atoms with Crippen LogP contribution in [0.5, 0.6) is 0 Å². The number of azide groups is 1. The summed E-state index contributed by atoms with van der Waals surface area (Å²) in [5, 5.41) is 33.6. The van der Waals surface area contributed by atoms with E-state index < -0.39 is 43.1 Å². The number of aliphatic hydroxyl groups is 3. The Kier molecular flexibility index (Phi) is 7.75. The lowest BCUT2D eigenvalue weighted by molar-refractivity contribution is -0.0749. The Bertz CT molecular complexity index is 1160. The summed E-state index contributed by atoms with van der Waals surface area (Å²) in [6.45, 7) is 6.26. The predicted octanol–water partition coefficient (Wildman–Crippen LogP) is 2.24. The number of hydrogen-bond donors (Lipinski definition) is 5. The number of nitrogen functional groups attached to an aromatic ring is 1. The molecule has 2 aromatic rings. The number of hydrogen-bond acceptors (Lipinski definition) is 11. The van der Waals surface area contributed by atoms with Crippen molar-refractivity contribution in [2.45, 2.75) is 88.9 Å². The molecule has 0 radical (unpaired) electrons. The Morgan fingerprint density at radius 1 is 1.29 bits per heavy atom. The molecule has 0 spiro atoms. The highest BCUT2D eigenvalue weighted by atomic mass is 31.2. The second-order valence-corrected chi connectivity index (χ2v) is 10.9. The molecule has 0 aliphatic carbocycles. The van der Waals surface area contributed by atoms with Crippen LogP contribution in [-0.2, 0) is 13.8 Å². The highest BCUT2D eigenvalue weighted by molar-refractivity contribution is 7.54.